The van der Waals surface area contributed by atoms with E-state index in [9.17, 15) is 18.0 Å². The topological polar surface area (TPSA) is 80.8 Å². The molecule has 0 spiro atoms. The molecule has 0 amide bonds. The summed E-state index contributed by atoms with van der Waals surface area (Å²) in [5.74, 6) is -0.717. The van der Waals surface area contributed by atoms with E-state index in [-0.39, 0.29) is 33.0 Å². The summed E-state index contributed by atoms with van der Waals surface area (Å²) in [5.41, 5.74) is 2.86. The average Bonchev–Trinajstić information content (AvgIpc) is 2.80. The van der Waals surface area contributed by atoms with Gasteiger partial charge in [0.2, 0.25) is 0 Å². The molecule has 0 fully saturated rings. The summed E-state index contributed by atoms with van der Waals surface area (Å²) in [6, 6.07) is 10.7. The van der Waals surface area contributed by atoms with Gasteiger partial charge in [0, 0.05) is 63.4 Å². The molecule has 2 aromatic carbocycles. The number of hydrogen-bond acceptors (Lipinski definition) is 6. The van der Waals surface area contributed by atoms with Crippen molar-refractivity contribution < 1.29 is 22.2 Å². The fraction of sp³-hybridized carbons (Fsp3) is 0.400. The van der Waals surface area contributed by atoms with Gasteiger partial charge in [0.25, 0.3) is 0 Å². The average molecular weight is 633 g/mol. The van der Waals surface area contributed by atoms with Crippen LogP contribution >= 0.6 is 27.5 Å². The maximum absolute atomic E-state index is 13.8. The zero-order valence-electron chi connectivity index (χ0n) is 22.6. The molecule has 1 heterocycles. The lowest BCUT2D eigenvalue weighted by Gasteiger charge is -2.48. The molecule has 3 aliphatic rings. The number of halogens is 2. The van der Waals surface area contributed by atoms with Gasteiger partial charge in [-0.25, -0.2) is 0 Å². The minimum absolute atomic E-state index is 0.0335. The van der Waals surface area contributed by atoms with E-state index in [1.807, 2.05) is 11.9 Å². The highest BCUT2D eigenvalue weighted by atomic mass is 79.9. The summed E-state index contributed by atoms with van der Waals surface area (Å²) >= 11 is 9.47. The Morgan fingerprint density at radius 1 is 0.872 bits per heavy atom. The molecule has 0 unspecified atom stereocenters. The molecular weight excluding hydrogens is 602 g/mol. The predicted octanol–water partition coefficient (Wildman–Crippen LogP) is 7.19. The van der Waals surface area contributed by atoms with E-state index >= 15 is 0 Å². The molecule has 0 atom stereocenters. The van der Waals surface area contributed by atoms with Crippen molar-refractivity contribution in [1.29, 1.82) is 0 Å². The molecule has 0 saturated heterocycles. The summed E-state index contributed by atoms with van der Waals surface area (Å²) in [6.45, 7) is 8.29. The van der Waals surface area contributed by atoms with E-state index in [4.69, 9.17) is 15.8 Å². The molecule has 0 saturated carbocycles. The van der Waals surface area contributed by atoms with E-state index in [2.05, 4.69) is 43.6 Å². The normalized spacial score (nSPS) is 21.2. The second-order valence-corrected chi connectivity index (χ2v) is 15.2. The van der Waals surface area contributed by atoms with E-state index in [0.29, 0.717) is 51.9 Å². The summed E-state index contributed by atoms with van der Waals surface area (Å²) in [5, 5.41) is 0.404. The van der Waals surface area contributed by atoms with Crippen LogP contribution < -0.4 is 4.18 Å². The number of Topliss-reactive ketones (excluding diaryl/α,β-unsaturated/α-hetero) is 2. The third-order valence-electron chi connectivity index (χ3n) is 7.76. The molecule has 2 aliphatic carbocycles. The first-order valence-corrected chi connectivity index (χ1v) is 15.4. The highest BCUT2D eigenvalue weighted by molar-refractivity contribution is 9.10. The Kier molecular flexibility index (Phi) is 6.92. The summed E-state index contributed by atoms with van der Waals surface area (Å²) < 4.78 is 33.0. The van der Waals surface area contributed by atoms with Gasteiger partial charge in [0.15, 0.2) is 11.6 Å². The Balaban J connectivity index is 1.73. The molecule has 0 radical (unpaired) electrons. The minimum atomic E-state index is -4.22. The van der Waals surface area contributed by atoms with Crippen molar-refractivity contribution in [3.8, 4) is 5.75 Å². The fourth-order valence-electron chi connectivity index (χ4n) is 6.06. The van der Waals surface area contributed by atoms with Crippen LogP contribution in [0.1, 0.15) is 64.9 Å². The van der Waals surface area contributed by atoms with E-state index in [1.165, 1.54) is 24.3 Å². The zero-order chi connectivity index (χ0) is 28.5. The standard InChI is InChI=1S/C30H31BrClNO5S/c1-29(2)13-21-27(23(34)15-29)26(28-22(33(21)5)14-30(3,4)16-24(28)35)20-12-17(31)6-11-25(20)38-39(36,37)19-9-7-18(32)8-10-19/h6-12,26H,13-16H2,1-5H3. The van der Waals surface area contributed by atoms with Crippen LogP contribution in [0.15, 0.2) is 74.4 Å². The lowest BCUT2D eigenvalue weighted by Crippen LogP contribution is -2.43. The molecule has 39 heavy (non-hydrogen) atoms. The van der Waals surface area contributed by atoms with Crippen LogP contribution in [0.3, 0.4) is 0 Å². The number of allylic oxidation sites excluding steroid dienone is 4. The van der Waals surface area contributed by atoms with Gasteiger partial charge in [0.1, 0.15) is 10.6 Å². The minimum Gasteiger partial charge on any atom is -0.379 e. The summed E-state index contributed by atoms with van der Waals surface area (Å²) in [4.78, 5) is 29.6. The van der Waals surface area contributed by atoms with Gasteiger partial charge >= 0.3 is 10.1 Å². The van der Waals surface area contributed by atoms with Crippen LogP contribution in [-0.2, 0) is 19.7 Å². The Labute approximate surface area is 243 Å². The number of benzene rings is 2. The van der Waals surface area contributed by atoms with Crippen LogP contribution in [0.25, 0.3) is 0 Å². The third-order valence-corrected chi connectivity index (χ3v) is 9.76. The molecule has 2 aromatic rings. The first-order valence-electron chi connectivity index (χ1n) is 12.8. The fourth-order valence-corrected chi connectivity index (χ4v) is 7.52. The van der Waals surface area contributed by atoms with Crippen LogP contribution in [0.2, 0.25) is 5.02 Å². The second kappa shape index (κ2) is 9.60. The van der Waals surface area contributed by atoms with Gasteiger partial charge in [-0.3, -0.25) is 9.59 Å². The van der Waals surface area contributed by atoms with Crippen molar-refractivity contribution in [2.45, 2.75) is 64.2 Å². The Hall–Kier alpha value is -2.42. The van der Waals surface area contributed by atoms with E-state index in [0.717, 1.165) is 11.4 Å². The maximum Gasteiger partial charge on any atom is 0.339 e. The third kappa shape index (κ3) is 5.23. The quantitative estimate of drug-likeness (QED) is 0.332. The molecule has 9 heteroatoms. The zero-order valence-corrected chi connectivity index (χ0v) is 25.8. The summed E-state index contributed by atoms with van der Waals surface area (Å²) in [7, 11) is -2.29. The number of nitrogens with zero attached hydrogens (tertiary/aromatic N) is 1. The van der Waals surface area contributed by atoms with Crippen molar-refractivity contribution >= 4 is 49.2 Å². The van der Waals surface area contributed by atoms with Crippen LogP contribution in [0.4, 0.5) is 0 Å². The molecule has 5 rings (SSSR count). The molecule has 0 N–H and O–H groups in total. The van der Waals surface area contributed by atoms with Gasteiger partial charge in [-0.1, -0.05) is 55.2 Å². The SMILES string of the molecule is CN1C2=C(C(=O)CC(C)(C)C2)C(c2cc(Br)ccc2OS(=O)(=O)c2ccc(Cl)cc2)C2=C1CC(C)(C)CC2=O. The molecule has 1 aliphatic heterocycles. The smallest absolute Gasteiger partial charge is 0.339 e. The van der Waals surface area contributed by atoms with Gasteiger partial charge in [0.05, 0.1) is 0 Å². The Morgan fingerprint density at radius 3 is 1.90 bits per heavy atom. The van der Waals surface area contributed by atoms with Gasteiger partial charge in [-0.05, 0) is 66.1 Å². The van der Waals surface area contributed by atoms with Gasteiger partial charge < -0.3 is 9.08 Å². The Morgan fingerprint density at radius 2 is 1.38 bits per heavy atom. The Bertz CT molecular complexity index is 1520. The van der Waals surface area contributed by atoms with Crippen molar-refractivity contribution in [1.82, 2.24) is 4.90 Å². The van der Waals surface area contributed by atoms with Crippen molar-refractivity contribution in [2.24, 2.45) is 10.8 Å². The molecule has 6 nitrogen and oxygen atoms in total. The van der Waals surface area contributed by atoms with Crippen molar-refractivity contribution in [3.05, 3.63) is 80.1 Å². The number of carbonyl (C=O) groups is 2. The van der Waals surface area contributed by atoms with Crippen LogP contribution in [-0.4, -0.2) is 31.9 Å². The van der Waals surface area contributed by atoms with Gasteiger partial charge in [-0.2, -0.15) is 8.42 Å². The molecule has 0 aromatic heterocycles. The number of ketones is 2. The van der Waals surface area contributed by atoms with Crippen LogP contribution in [0.5, 0.6) is 5.75 Å². The van der Waals surface area contributed by atoms with Crippen LogP contribution in [0, 0.1) is 10.8 Å². The lowest BCUT2D eigenvalue weighted by molar-refractivity contribution is -0.119. The predicted molar refractivity (Wildman–Crippen MR) is 154 cm³/mol. The molecule has 0 bridgehead atoms. The first-order chi connectivity index (χ1) is 18.1. The monoisotopic (exact) mass is 631 g/mol. The highest BCUT2D eigenvalue weighted by Crippen LogP contribution is 2.55. The van der Waals surface area contributed by atoms with E-state index < -0.39 is 16.0 Å². The lowest BCUT2D eigenvalue weighted by atomic mass is 9.63. The van der Waals surface area contributed by atoms with Crippen molar-refractivity contribution in [3.63, 3.8) is 0 Å². The van der Waals surface area contributed by atoms with E-state index in [1.54, 1.807) is 18.2 Å². The summed E-state index contributed by atoms with van der Waals surface area (Å²) in [6.07, 6.45) is 2.01. The molecular formula is C30H31BrClNO5S. The largest absolute Gasteiger partial charge is 0.379 e. The molecule has 206 valence electrons. The van der Waals surface area contributed by atoms with Gasteiger partial charge in [-0.15, -0.1) is 0 Å². The number of carbonyl (C=O) groups excluding carboxylic acids is 2. The second-order valence-electron chi connectivity index (χ2n) is 12.3. The maximum atomic E-state index is 13.8. The number of hydrogen-bond donors (Lipinski definition) is 0. The first kappa shape index (κ1) is 28.1. The number of rotatable bonds is 4. The van der Waals surface area contributed by atoms with Crippen molar-refractivity contribution in [2.75, 3.05) is 7.05 Å². The highest BCUT2D eigenvalue weighted by Gasteiger charge is 2.49.